The molecule has 0 fully saturated rings. The molecule has 0 radical (unpaired) electrons. The molecule has 0 heterocycles. The minimum Gasteiger partial charge on any atom is -0.396 e. The topological polar surface area (TPSA) is 40.5 Å². The molecule has 2 N–H and O–H groups in total. The van der Waals surface area contributed by atoms with Gasteiger partial charge >= 0.3 is 0 Å². The lowest BCUT2D eigenvalue weighted by molar-refractivity contribution is 0.312. The molecule has 0 aromatic heterocycles. The van der Waals surface area contributed by atoms with Crippen LogP contribution in [0.3, 0.4) is 0 Å². The molecule has 0 rings (SSSR count). The van der Waals surface area contributed by atoms with Crippen molar-refractivity contribution in [2.75, 3.05) is 13.2 Å². The lowest BCUT2D eigenvalue weighted by atomic mass is 10.9. The monoisotopic (exact) mass is 270 g/mol. The molecular formula is C8H22O2S2Si2. The zero-order chi connectivity index (χ0) is 11.1. The van der Waals surface area contributed by atoms with Crippen LogP contribution < -0.4 is 0 Å². The van der Waals surface area contributed by atoms with E-state index < -0.39 is 17.6 Å². The van der Waals surface area contributed by atoms with Crippen molar-refractivity contribution in [3.05, 3.63) is 0 Å². The van der Waals surface area contributed by atoms with Gasteiger partial charge in [0.25, 0.3) is 0 Å². The first-order chi connectivity index (χ1) is 6.52. The maximum Gasteiger partial charge on any atom is 0.0529 e. The van der Waals surface area contributed by atoms with E-state index >= 15 is 0 Å². The van der Waals surface area contributed by atoms with Crippen LogP contribution in [0, 0.1) is 0 Å². The van der Waals surface area contributed by atoms with Gasteiger partial charge in [0.2, 0.25) is 0 Å². The lowest BCUT2D eigenvalue weighted by Gasteiger charge is -2.21. The predicted molar refractivity (Wildman–Crippen MR) is 74.7 cm³/mol. The standard InChI is InChI=1S/C8H22O2S2Si2/c1-13(2)7(5-9)11-12-8(6-10)14(3)4/h7-10,13-14H,5-6H2,1-4H3. The molecule has 14 heavy (non-hydrogen) atoms. The summed E-state index contributed by atoms with van der Waals surface area (Å²) in [5.74, 6) is 0. The van der Waals surface area contributed by atoms with E-state index in [1.165, 1.54) is 0 Å². The maximum atomic E-state index is 9.17. The molecule has 0 spiro atoms. The van der Waals surface area contributed by atoms with Crippen LogP contribution in [-0.4, -0.2) is 50.8 Å². The van der Waals surface area contributed by atoms with Gasteiger partial charge in [-0.25, -0.2) is 0 Å². The van der Waals surface area contributed by atoms with Crippen molar-refractivity contribution in [3.8, 4) is 0 Å². The average Bonchev–Trinajstić information content (AvgIpc) is 2.11. The summed E-state index contributed by atoms with van der Waals surface area (Å²) in [7, 11) is 2.07. The molecule has 2 unspecified atom stereocenters. The van der Waals surface area contributed by atoms with E-state index in [4.69, 9.17) is 0 Å². The summed E-state index contributed by atoms with van der Waals surface area (Å²) in [5, 5.41) is 18.3. The van der Waals surface area contributed by atoms with Crippen molar-refractivity contribution in [2.45, 2.75) is 35.9 Å². The third kappa shape index (κ3) is 5.82. The average molecular weight is 271 g/mol. The summed E-state index contributed by atoms with van der Waals surface area (Å²) in [6.45, 7) is 9.62. The van der Waals surface area contributed by atoms with Crippen LogP contribution in [0.25, 0.3) is 0 Å². The number of hydrogen-bond donors (Lipinski definition) is 2. The second-order valence-corrected chi connectivity index (χ2v) is 14.4. The minimum absolute atomic E-state index is 0.291. The van der Waals surface area contributed by atoms with Gasteiger partial charge in [0.05, 0.1) is 13.2 Å². The lowest BCUT2D eigenvalue weighted by Crippen LogP contribution is -2.28. The normalized spacial score (nSPS) is 16.3. The number of aliphatic hydroxyl groups is 2. The van der Waals surface area contributed by atoms with Crippen LogP contribution >= 0.6 is 21.6 Å². The smallest absolute Gasteiger partial charge is 0.0529 e. The van der Waals surface area contributed by atoms with E-state index in [1.54, 1.807) is 21.6 Å². The third-order valence-corrected chi connectivity index (χ3v) is 13.5. The van der Waals surface area contributed by atoms with E-state index in [1.807, 2.05) is 0 Å². The van der Waals surface area contributed by atoms with Crippen molar-refractivity contribution in [3.63, 3.8) is 0 Å². The number of aliphatic hydroxyl groups excluding tert-OH is 2. The molecule has 0 aromatic carbocycles. The summed E-state index contributed by atoms with van der Waals surface area (Å²) < 4.78 is 0. The second kappa shape index (κ2) is 8.23. The fraction of sp³-hybridized carbons (Fsp3) is 1.00. The van der Waals surface area contributed by atoms with Gasteiger partial charge in [-0.15, -0.1) is 0 Å². The number of hydrogen-bond acceptors (Lipinski definition) is 4. The quantitative estimate of drug-likeness (QED) is 0.538. The molecule has 0 aromatic rings. The van der Waals surface area contributed by atoms with Crippen molar-refractivity contribution in [2.24, 2.45) is 0 Å². The first-order valence-electron chi connectivity index (χ1n) is 5.06. The largest absolute Gasteiger partial charge is 0.396 e. The van der Waals surface area contributed by atoms with Gasteiger partial charge in [-0.3, -0.25) is 0 Å². The van der Waals surface area contributed by atoms with Gasteiger partial charge in [-0.05, 0) is 0 Å². The molecule has 2 atom stereocenters. The van der Waals surface area contributed by atoms with Gasteiger partial charge in [-0.2, -0.15) is 0 Å². The Balaban J connectivity index is 3.88. The van der Waals surface area contributed by atoms with Crippen LogP contribution in [0.4, 0.5) is 0 Å². The van der Waals surface area contributed by atoms with Gasteiger partial charge in [0.15, 0.2) is 0 Å². The fourth-order valence-corrected chi connectivity index (χ4v) is 10.3. The van der Waals surface area contributed by atoms with Crippen molar-refractivity contribution < 1.29 is 10.2 Å². The van der Waals surface area contributed by atoms with Crippen molar-refractivity contribution >= 4 is 39.2 Å². The van der Waals surface area contributed by atoms with Crippen LogP contribution in [-0.2, 0) is 0 Å². The Morgan fingerprint density at radius 3 is 1.29 bits per heavy atom. The SMILES string of the molecule is C[SiH](C)C(CO)SSC(CO)[SiH](C)C. The van der Waals surface area contributed by atoms with Crippen LogP contribution in [0.15, 0.2) is 0 Å². The molecule has 0 saturated carbocycles. The third-order valence-electron chi connectivity index (χ3n) is 2.15. The highest BCUT2D eigenvalue weighted by molar-refractivity contribution is 8.77. The molecule has 0 amide bonds. The molecule has 0 saturated heterocycles. The van der Waals surface area contributed by atoms with Gasteiger partial charge in [0, 0.05) is 27.3 Å². The Morgan fingerprint density at radius 1 is 0.857 bits per heavy atom. The molecular weight excluding hydrogens is 248 g/mol. The highest BCUT2D eigenvalue weighted by Crippen LogP contribution is 2.33. The minimum atomic E-state index is -0.761. The van der Waals surface area contributed by atoms with Gasteiger partial charge in [-0.1, -0.05) is 47.8 Å². The molecule has 2 nitrogen and oxygen atoms in total. The molecule has 0 aliphatic carbocycles. The number of rotatable bonds is 7. The fourth-order valence-electron chi connectivity index (χ4n) is 0.847. The first kappa shape index (κ1) is 15.1. The second-order valence-electron chi connectivity index (χ2n) is 4.12. The van der Waals surface area contributed by atoms with Crippen LogP contribution in [0.5, 0.6) is 0 Å². The highest BCUT2D eigenvalue weighted by atomic mass is 33.1. The molecule has 86 valence electrons. The van der Waals surface area contributed by atoms with Gasteiger partial charge < -0.3 is 10.2 Å². The Kier molecular flexibility index (Phi) is 8.85. The maximum absolute atomic E-state index is 9.17. The summed E-state index contributed by atoms with van der Waals surface area (Å²) in [6.07, 6.45) is 0. The van der Waals surface area contributed by atoms with Crippen molar-refractivity contribution in [1.29, 1.82) is 0 Å². The molecule has 0 aliphatic rings. The Hall–Kier alpha value is 1.05. The first-order valence-corrected chi connectivity index (χ1v) is 13.3. The van der Waals surface area contributed by atoms with E-state index in [0.29, 0.717) is 23.0 Å². The Morgan fingerprint density at radius 2 is 1.14 bits per heavy atom. The molecule has 6 heteroatoms. The van der Waals surface area contributed by atoms with E-state index in [2.05, 4.69) is 26.2 Å². The predicted octanol–water partition coefficient (Wildman–Crippen LogP) is 1.14. The summed E-state index contributed by atoms with van der Waals surface area (Å²) in [6, 6.07) is 0. The van der Waals surface area contributed by atoms with Crippen molar-refractivity contribution in [1.82, 2.24) is 0 Å². The van der Waals surface area contributed by atoms with Crippen LogP contribution in [0.1, 0.15) is 0 Å². The van der Waals surface area contributed by atoms with E-state index in [-0.39, 0.29) is 0 Å². The van der Waals surface area contributed by atoms with E-state index in [9.17, 15) is 10.2 Å². The summed E-state index contributed by atoms with van der Waals surface area (Å²) in [5.41, 5.74) is 0. The van der Waals surface area contributed by atoms with E-state index in [0.717, 1.165) is 0 Å². The Labute approximate surface area is 98.5 Å². The summed E-state index contributed by atoms with van der Waals surface area (Å²) in [4.78, 5) is 0.864. The molecule has 0 bridgehead atoms. The summed E-state index contributed by atoms with van der Waals surface area (Å²) >= 11 is 0. The zero-order valence-electron chi connectivity index (χ0n) is 9.43. The highest BCUT2D eigenvalue weighted by Gasteiger charge is 2.19. The van der Waals surface area contributed by atoms with Gasteiger partial charge in [0.1, 0.15) is 0 Å². The molecule has 0 aliphatic heterocycles. The van der Waals surface area contributed by atoms with Crippen LogP contribution in [0.2, 0.25) is 26.2 Å². The Bertz CT molecular complexity index is 131. The zero-order valence-corrected chi connectivity index (χ0v) is 13.4.